The fourth-order valence-electron chi connectivity index (χ4n) is 3.47. The van der Waals surface area contributed by atoms with Crippen LogP contribution in [0.25, 0.3) is 0 Å². The van der Waals surface area contributed by atoms with Gasteiger partial charge in [-0.15, -0.1) is 0 Å². The van der Waals surface area contributed by atoms with Crippen LogP contribution in [-0.4, -0.2) is 23.8 Å². The van der Waals surface area contributed by atoms with E-state index in [2.05, 4.69) is 55.5 Å². The maximum absolute atomic E-state index is 12.2. The van der Waals surface area contributed by atoms with E-state index in [4.69, 9.17) is 0 Å². The van der Waals surface area contributed by atoms with E-state index in [0.717, 1.165) is 18.4 Å². The lowest BCUT2D eigenvalue weighted by Crippen LogP contribution is -2.24. The fraction of sp³-hybridized carbons (Fsp3) is 0.167. The van der Waals surface area contributed by atoms with Crippen molar-refractivity contribution in [3.63, 3.8) is 0 Å². The van der Waals surface area contributed by atoms with Gasteiger partial charge in [0.2, 0.25) is 0 Å². The van der Waals surface area contributed by atoms with Crippen LogP contribution in [0, 0.1) is 6.92 Å². The molecule has 2 amide bonds. The van der Waals surface area contributed by atoms with Crippen molar-refractivity contribution in [3.8, 4) is 0 Å². The monoisotopic (exact) mass is 355 g/mol. The average molecular weight is 355 g/mol. The molecule has 1 aliphatic heterocycles. The molecule has 0 atom stereocenters. The minimum atomic E-state index is -0.220. The number of benzene rings is 3. The molecule has 0 saturated carbocycles. The van der Waals surface area contributed by atoms with Gasteiger partial charge in [0, 0.05) is 7.05 Å². The number of carbonyl (C=O) groups excluding carboxylic acids is 2. The van der Waals surface area contributed by atoms with Crippen molar-refractivity contribution in [1.82, 2.24) is 4.90 Å². The summed E-state index contributed by atoms with van der Waals surface area (Å²) in [7, 11) is 1.52. The second-order valence-corrected chi connectivity index (χ2v) is 7.20. The van der Waals surface area contributed by atoms with Crippen LogP contribution in [0.5, 0.6) is 0 Å². The zero-order valence-electron chi connectivity index (χ0n) is 15.5. The van der Waals surface area contributed by atoms with Gasteiger partial charge >= 0.3 is 0 Å². The summed E-state index contributed by atoms with van der Waals surface area (Å²) in [6, 6.07) is 22.7. The highest BCUT2D eigenvalue weighted by molar-refractivity contribution is 6.21. The first-order valence-corrected chi connectivity index (χ1v) is 9.10. The SMILES string of the molecule is Cc1ccc(Cc2ccc(Cc3ccc4c(c3)C(=O)N(C)C4=O)cc2)cc1. The Morgan fingerprint density at radius 2 is 1.07 bits per heavy atom. The Morgan fingerprint density at radius 3 is 1.67 bits per heavy atom. The maximum atomic E-state index is 12.2. The van der Waals surface area contributed by atoms with Crippen LogP contribution in [0.2, 0.25) is 0 Å². The van der Waals surface area contributed by atoms with E-state index in [-0.39, 0.29) is 11.8 Å². The largest absolute Gasteiger partial charge is 0.277 e. The normalized spacial score (nSPS) is 13.2. The van der Waals surface area contributed by atoms with Gasteiger partial charge < -0.3 is 0 Å². The first-order valence-electron chi connectivity index (χ1n) is 9.10. The summed E-state index contributed by atoms with van der Waals surface area (Å²) in [5.41, 5.74) is 7.09. The third-order valence-corrected chi connectivity index (χ3v) is 5.11. The number of hydrogen-bond acceptors (Lipinski definition) is 2. The molecule has 1 aliphatic rings. The van der Waals surface area contributed by atoms with Crippen molar-refractivity contribution in [2.24, 2.45) is 0 Å². The smallest absolute Gasteiger partial charge is 0.261 e. The highest BCUT2D eigenvalue weighted by atomic mass is 16.2. The lowest BCUT2D eigenvalue weighted by molar-refractivity contribution is 0.0693. The number of rotatable bonds is 4. The van der Waals surface area contributed by atoms with Gasteiger partial charge in [-0.1, -0.05) is 60.2 Å². The summed E-state index contributed by atoms with van der Waals surface area (Å²) in [5, 5.41) is 0. The van der Waals surface area contributed by atoms with Crippen LogP contribution in [0.4, 0.5) is 0 Å². The second kappa shape index (κ2) is 6.84. The zero-order chi connectivity index (χ0) is 19.0. The van der Waals surface area contributed by atoms with Gasteiger partial charge in [0.1, 0.15) is 0 Å². The van der Waals surface area contributed by atoms with Crippen LogP contribution in [0.1, 0.15) is 48.5 Å². The molecule has 134 valence electrons. The van der Waals surface area contributed by atoms with Crippen LogP contribution in [0.3, 0.4) is 0 Å². The molecule has 1 heterocycles. The van der Waals surface area contributed by atoms with E-state index < -0.39 is 0 Å². The van der Waals surface area contributed by atoms with Gasteiger partial charge in [-0.2, -0.15) is 0 Å². The summed E-state index contributed by atoms with van der Waals surface area (Å²) in [6.07, 6.45) is 1.66. The van der Waals surface area contributed by atoms with Gasteiger partial charge in [0.15, 0.2) is 0 Å². The van der Waals surface area contributed by atoms with Crippen molar-refractivity contribution in [2.75, 3.05) is 7.05 Å². The molecular weight excluding hydrogens is 334 g/mol. The van der Waals surface area contributed by atoms with E-state index >= 15 is 0 Å². The number of hydrogen-bond donors (Lipinski definition) is 0. The number of aryl methyl sites for hydroxylation is 1. The van der Waals surface area contributed by atoms with Crippen LogP contribution >= 0.6 is 0 Å². The molecule has 0 N–H and O–H groups in total. The molecule has 0 radical (unpaired) electrons. The molecule has 0 spiro atoms. The summed E-state index contributed by atoms with van der Waals surface area (Å²) in [6.45, 7) is 2.10. The molecule has 3 aromatic rings. The van der Waals surface area contributed by atoms with E-state index in [0.29, 0.717) is 11.1 Å². The van der Waals surface area contributed by atoms with E-state index in [1.165, 1.54) is 34.2 Å². The Kier molecular flexibility index (Phi) is 4.36. The Labute approximate surface area is 159 Å². The second-order valence-electron chi connectivity index (χ2n) is 7.20. The van der Waals surface area contributed by atoms with E-state index in [1.54, 1.807) is 6.07 Å². The summed E-state index contributed by atoms with van der Waals surface area (Å²) in [5.74, 6) is -0.438. The fourth-order valence-corrected chi connectivity index (χ4v) is 3.47. The van der Waals surface area contributed by atoms with Crippen LogP contribution < -0.4 is 0 Å². The molecular formula is C24H21NO2. The molecule has 27 heavy (non-hydrogen) atoms. The summed E-state index contributed by atoms with van der Waals surface area (Å²) >= 11 is 0. The number of carbonyl (C=O) groups is 2. The van der Waals surface area contributed by atoms with Crippen molar-refractivity contribution in [1.29, 1.82) is 0 Å². The summed E-state index contributed by atoms with van der Waals surface area (Å²) < 4.78 is 0. The molecule has 0 fully saturated rings. The third-order valence-electron chi connectivity index (χ3n) is 5.11. The first kappa shape index (κ1) is 17.2. The predicted octanol–water partition coefficient (Wildman–Crippen LogP) is 4.40. The van der Waals surface area contributed by atoms with Gasteiger partial charge in [-0.25, -0.2) is 0 Å². The number of amides is 2. The first-order chi connectivity index (χ1) is 13.0. The van der Waals surface area contributed by atoms with Gasteiger partial charge in [-0.05, 0) is 54.2 Å². The Hall–Kier alpha value is -3.20. The van der Waals surface area contributed by atoms with E-state index in [1.807, 2.05) is 12.1 Å². The maximum Gasteiger partial charge on any atom is 0.261 e. The van der Waals surface area contributed by atoms with Gasteiger partial charge in [-0.3, -0.25) is 14.5 Å². The highest BCUT2D eigenvalue weighted by Crippen LogP contribution is 2.24. The summed E-state index contributed by atoms with van der Waals surface area (Å²) in [4.78, 5) is 25.3. The minimum absolute atomic E-state index is 0.217. The Morgan fingerprint density at radius 1 is 0.630 bits per heavy atom. The third kappa shape index (κ3) is 3.41. The molecule has 3 aromatic carbocycles. The van der Waals surface area contributed by atoms with Crippen molar-refractivity contribution in [2.45, 2.75) is 19.8 Å². The lowest BCUT2D eigenvalue weighted by atomic mass is 9.98. The number of nitrogens with zero attached hydrogens (tertiary/aromatic N) is 1. The Bertz CT molecular complexity index is 1020. The number of imide groups is 1. The zero-order valence-corrected chi connectivity index (χ0v) is 15.5. The molecule has 0 saturated heterocycles. The van der Waals surface area contributed by atoms with E-state index in [9.17, 15) is 9.59 Å². The predicted molar refractivity (Wildman–Crippen MR) is 106 cm³/mol. The average Bonchev–Trinajstić information content (AvgIpc) is 2.89. The van der Waals surface area contributed by atoms with Gasteiger partial charge in [0.25, 0.3) is 11.8 Å². The standard InChI is InChI=1S/C24H21NO2/c1-16-3-5-17(6-4-16)13-18-7-9-19(10-8-18)14-20-11-12-21-22(15-20)24(27)25(2)23(21)26/h3-12,15H,13-14H2,1-2H3. The molecule has 0 bridgehead atoms. The van der Waals surface area contributed by atoms with Crippen molar-refractivity contribution >= 4 is 11.8 Å². The molecule has 0 unspecified atom stereocenters. The Balaban J connectivity index is 1.48. The minimum Gasteiger partial charge on any atom is -0.277 e. The van der Waals surface area contributed by atoms with Crippen LogP contribution in [0.15, 0.2) is 66.7 Å². The quantitative estimate of drug-likeness (QED) is 0.651. The molecule has 0 aromatic heterocycles. The molecule has 3 nitrogen and oxygen atoms in total. The lowest BCUT2D eigenvalue weighted by Gasteiger charge is -2.06. The van der Waals surface area contributed by atoms with Gasteiger partial charge in [0.05, 0.1) is 11.1 Å². The highest BCUT2D eigenvalue weighted by Gasteiger charge is 2.32. The molecule has 3 heteroatoms. The molecule has 0 aliphatic carbocycles. The van der Waals surface area contributed by atoms with Crippen molar-refractivity contribution in [3.05, 3.63) is 106 Å². The topological polar surface area (TPSA) is 37.4 Å². The molecule has 4 rings (SSSR count). The number of fused-ring (bicyclic) bond motifs is 1. The van der Waals surface area contributed by atoms with Crippen molar-refractivity contribution < 1.29 is 9.59 Å². The van der Waals surface area contributed by atoms with Crippen LogP contribution in [-0.2, 0) is 12.8 Å².